The molecule has 0 amide bonds. The highest BCUT2D eigenvalue weighted by Gasteiger charge is 2.06. The summed E-state index contributed by atoms with van der Waals surface area (Å²) in [6.45, 7) is 0.596. The maximum absolute atomic E-state index is 11.4. The lowest BCUT2D eigenvalue weighted by Gasteiger charge is -2.07. The summed E-state index contributed by atoms with van der Waals surface area (Å²) < 4.78 is 0. The van der Waals surface area contributed by atoms with Gasteiger partial charge >= 0.3 is 6.16 Å². The van der Waals surface area contributed by atoms with E-state index in [0.717, 1.165) is 11.1 Å². The molecule has 0 saturated carbocycles. The Bertz CT molecular complexity index is 691. The van der Waals surface area contributed by atoms with Crippen molar-refractivity contribution in [3.8, 4) is 0 Å². The smallest absolute Gasteiger partial charge is 0.412 e. The first-order chi connectivity index (χ1) is 12.6. The Kier molecular flexibility index (Phi) is 9.07. The number of hydrogen-bond donors (Lipinski definition) is 4. The maximum Gasteiger partial charge on any atom is 0.558 e. The van der Waals surface area contributed by atoms with Gasteiger partial charge in [0, 0.05) is 24.8 Å². The first-order valence-corrected chi connectivity index (χ1v) is 7.41. The van der Waals surface area contributed by atoms with E-state index in [0.29, 0.717) is 13.1 Å². The van der Waals surface area contributed by atoms with Gasteiger partial charge in [0.2, 0.25) is 11.9 Å². The number of carbonyl (C=O) groups excluding carboxylic acids is 1. The van der Waals surface area contributed by atoms with Gasteiger partial charge in [-0.3, -0.25) is 9.97 Å². The molecule has 0 aliphatic rings. The van der Waals surface area contributed by atoms with E-state index in [1.165, 1.54) is 0 Å². The Morgan fingerprint density at radius 1 is 0.852 bits per heavy atom. The molecule has 0 bridgehead atoms. The number of carbonyl (C=O) groups is 1. The van der Waals surface area contributed by atoms with E-state index in [1.54, 1.807) is 49.1 Å². The summed E-state index contributed by atoms with van der Waals surface area (Å²) in [6.07, 6.45) is 5.42. The summed E-state index contributed by atoms with van der Waals surface area (Å²) in [7, 11) is 0. The average Bonchev–Trinajstić information content (AvgIpc) is 2.69. The molecule has 0 aliphatic heterocycles. The van der Waals surface area contributed by atoms with Crippen molar-refractivity contribution in [1.29, 1.82) is 0 Å². The minimum absolute atomic E-state index is 0. The second-order valence-electron chi connectivity index (χ2n) is 4.77. The summed E-state index contributed by atoms with van der Waals surface area (Å²) in [4.78, 5) is 36.2. The number of nitrogens with one attached hydrogen (secondary N) is 2. The number of guanidine groups is 2. The maximum atomic E-state index is 11.4. The van der Waals surface area contributed by atoms with Crippen LogP contribution in [0.3, 0.4) is 0 Å². The monoisotopic (exact) mass is 376 g/mol. The summed E-state index contributed by atoms with van der Waals surface area (Å²) in [5, 5.41) is 0. The predicted octanol–water partition coefficient (Wildman–Crippen LogP) is -0.856. The average molecular weight is 376 g/mol. The molecule has 12 heteroatoms. The molecule has 0 unspecified atom stereocenters. The van der Waals surface area contributed by atoms with Crippen molar-refractivity contribution in [2.75, 3.05) is 0 Å². The van der Waals surface area contributed by atoms with Gasteiger partial charge in [0.25, 0.3) is 0 Å². The van der Waals surface area contributed by atoms with E-state index >= 15 is 0 Å². The van der Waals surface area contributed by atoms with E-state index in [4.69, 9.17) is 11.5 Å². The van der Waals surface area contributed by atoms with Crippen LogP contribution in [0.15, 0.2) is 59.0 Å². The number of nitrogens with zero attached hydrogens (tertiary/aromatic N) is 4. The molecule has 0 spiro atoms. The van der Waals surface area contributed by atoms with Crippen LogP contribution >= 0.6 is 0 Å². The van der Waals surface area contributed by atoms with Crippen molar-refractivity contribution in [2.45, 2.75) is 13.1 Å². The molecule has 0 radical (unpaired) electrons. The number of hydrogen-bond acceptors (Lipinski definition) is 7. The highest BCUT2D eigenvalue weighted by atomic mass is 16.9. The van der Waals surface area contributed by atoms with Crippen LogP contribution in [0.5, 0.6) is 0 Å². The molecule has 8 N–H and O–H groups in total. The molecule has 2 aromatic rings. The summed E-state index contributed by atoms with van der Waals surface area (Å²) in [5.41, 5.74) is 17.2. The normalized spacial score (nSPS) is 11.1. The number of aromatic nitrogens is 2. The fourth-order valence-corrected chi connectivity index (χ4v) is 1.60. The molecule has 2 rings (SSSR count). The topological polar surface area (TPSA) is 194 Å². The molecule has 12 nitrogen and oxygen atoms in total. The number of nitrogens with two attached hydrogens (primary N) is 2. The van der Waals surface area contributed by atoms with Gasteiger partial charge in [0.05, 0.1) is 13.1 Å². The van der Waals surface area contributed by atoms with Crippen molar-refractivity contribution < 1.29 is 19.9 Å². The standard InChI is InChI=1S/C15H18N8O3.H2O/c16-13(20-9-11-1-5-18-6-2-11)22-25-15(24)26-23-14(17)21-10-12-3-7-19-8-4-12;/h1-8H,9-10H2,(H3,16,20,22)(H3,17,21,23);1H2. The molecule has 0 fully saturated rings. The second-order valence-corrected chi connectivity index (χ2v) is 4.77. The first kappa shape index (κ1) is 21.1. The van der Waals surface area contributed by atoms with E-state index in [1.807, 2.05) is 0 Å². The lowest BCUT2D eigenvalue weighted by molar-refractivity contribution is 0.0177. The van der Waals surface area contributed by atoms with Crippen LogP contribution in [-0.2, 0) is 22.8 Å². The Labute approximate surface area is 154 Å². The van der Waals surface area contributed by atoms with Crippen LogP contribution in [0.25, 0.3) is 0 Å². The Morgan fingerprint density at radius 2 is 1.22 bits per heavy atom. The third kappa shape index (κ3) is 8.64. The number of hydroxylamine groups is 2. The first-order valence-electron chi connectivity index (χ1n) is 7.41. The van der Waals surface area contributed by atoms with Gasteiger partial charge in [-0.1, -0.05) is 0 Å². The van der Waals surface area contributed by atoms with Crippen LogP contribution in [0.4, 0.5) is 4.79 Å². The van der Waals surface area contributed by atoms with Crippen molar-refractivity contribution in [3.05, 3.63) is 60.2 Å². The fourth-order valence-electron chi connectivity index (χ4n) is 1.60. The summed E-state index contributed by atoms with van der Waals surface area (Å²) in [6, 6.07) is 7.13. The highest BCUT2D eigenvalue weighted by Crippen LogP contribution is 1.98. The molecule has 0 aromatic carbocycles. The second kappa shape index (κ2) is 11.6. The molecular formula is C15H20N8O4. The quantitative estimate of drug-likeness (QED) is 0.298. The van der Waals surface area contributed by atoms with E-state index < -0.39 is 6.16 Å². The molecular weight excluding hydrogens is 356 g/mol. The van der Waals surface area contributed by atoms with E-state index in [-0.39, 0.29) is 17.4 Å². The van der Waals surface area contributed by atoms with Gasteiger partial charge in [0.15, 0.2) is 0 Å². The Morgan fingerprint density at radius 3 is 1.59 bits per heavy atom. The number of pyridine rings is 2. The van der Waals surface area contributed by atoms with Crippen LogP contribution in [-0.4, -0.2) is 33.5 Å². The van der Waals surface area contributed by atoms with Crippen molar-refractivity contribution in [3.63, 3.8) is 0 Å². The largest absolute Gasteiger partial charge is 0.558 e. The van der Waals surface area contributed by atoms with Gasteiger partial charge in [-0.05, 0) is 35.4 Å². The molecule has 144 valence electrons. The molecule has 0 aliphatic carbocycles. The van der Waals surface area contributed by atoms with Crippen LogP contribution < -0.4 is 22.4 Å². The predicted molar refractivity (Wildman–Crippen MR) is 96.6 cm³/mol. The van der Waals surface area contributed by atoms with Gasteiger partial charge in [-0.2, -0.15) is 15.8 Å². The fraction of sp³-hybridized carbons (Fsp3) is 0.133. The highest BCUT2D eigenvalue weighted by molar-refractivity contribution is 5.79. The van der Waals surface area contributed by atoms with E-state index in [2.05, 4.69) is 40.6 Å². The molecule has 2 heterocycles. The third-order valence-electron chi connectivity index (χ3n) is 2.84. The number of rotatable bonds is 4. The lowest BCUT2D eigenvalue weighted by atomic mass is 10.3. The SMILES string of the molecule is NC(=NCc1ccncc1)NOC(=O)ONC(N)=NCc1ccncc1.O. The molecule has 27 heavy (non-hydrogen) atoms. The lowest BCUT2D eigenvalue weighted by Crippen LogP contribution is -2.38. The van der Waals surface area contributed by atoms with Gasteiger partial charge in [0.1, 0.15) is 0 Å². The van der Waals surface area contributed by atoms with Gasteiger partial charge in [-0.25, -0.2) is 9.98 Å². The van der Waals surface area contributed by atoms with Crippen molar-refractivity contribution in [2.24, 2.45) is 21.5 Å². The zero-order valence-electron chi connectivity index (χ0n) is 14.2. The number of aliphatic imine (C=N–C) groups is 2. The van der Waals surface area contributed by atoms with Crippen molar-refractivity contribution >= 4 is 18.1 Å². The Hall–Kier alpha value is -3.93. The van der Waals surface area contributed by atoms with Gasteiger partial charge < -0.3 is 26.6 Å². The third-order valence-corrected chi connectivity index (χ3v) is 2.84. The minimum Gasteiger partial charge on any atom is -0.412 e. The van der Waals surface area contributed by atoms with Crippen LogP contribution in [0, 0.1) is 0 Å². The Balaban J connectivity index is 0.00000364. The molecule has 2 aromatic heterocycles. The zero-order chi connectivity index (χ0) is 18.6. The minimum atomic E-state index is -1.12. The van der Waals surface area contributed by atoms with Crippen LogP contribution in [0.2, 0.25) is 0 Å². The molecule has 0 saturated heterocycles. The van der Waals surface area contributed by atoms with Gasteiger partial charge in [-0.15, -0.1) is 0 Å². The molecule has 0 atom stereocenters. The van der Waals surface area contributed by atoms with Crippen LogP contribution in [0.1, 0.15) is 11.1 Å². The van der Waals surface area contributed by atoms with Crippen molar-refractivity contribution in [1.82, 2.24) is 20.9 Å². The summed E-state index contributed by atoms with van der Waals surface area (Å²) in [5.74, 6) is -0.198. The summed E-state index contributed by atoms with van der Waals surface area (Å²) >= 11 is 0. The zero-order valence-corrected chi connectivity index (χ0v) is 14.2. The van der Waals surface area contributed by atoms with E-state index in [9.17, 15) is 4.79 Å².